The molecule has 0 saturated carbocycles. The molecule has 1 N–H and O–H groups in total. The molecule has 0 unspecified atom stereocenters. The van der Waals surface area contributed by atoms with Crippen LogP contribution in [-0.2, 0) is 4.79 Å². The van der Waals surface area contributed by atoms with Crippen molar-refractivity contribution in [2.24, 2.45) is 5.10 Å². The minimum Gasteiger partial charge on any atom is -0.484 e. The van der Waals surface area contributed by atoms with E-state index in [2.05, 4.69) is 26.5 Å². The first-order valence-corrected chi connectivity index (χ1v) is 8.62. The van der Waals surface area contributed by atoms with E-state index in [-0.39, 0.29) is 12.5 Å². The van der Waals surface area contributed by atoms with Gasteiger partial charge in [0.15, 0.2) is 6.61 Å². The monoisotopic (exact) mass is 396 g/mol. The summed E-state index contributed by atoms with van der Waals surface area (Å²) >= 11 is 3.39. The number of hydrogen-bond acceptors (Lipinski definition) is 3. The maximum atomic E-state index is 11.9. The van der Waals surface area contributed by atoms with Gasteiger partial charge in [-0.05, 0) is 47.5 Å². The van der Waals surface area contributed by atoms with Gasteiger partial charge in [-0.3, -0.25) is 4.79 Å². The van der Waals surface area contributed by atoms with E-state index in [0.717, 1.165) is 26.5 Å². The van der Waals surface area contributed by atoms with Crippen LogP contribution in [0.3, 0.4) is 0 Å². The van der Waals surface area contributed by atoms with E-state index in [9.17, 15) is 4.79 Å². The van der Waals surface area contributed by atoms with Gasteiger partial charge in [0, 0.05) is 4.47 Å². The predicted molar refractivity (Wildman–Crippen MR) is 104 cm³/mol. The normalized spacial score (nSPS) is 11.4. The molecule has 0 aliphatic rings. The number of fused-ring (bicyclic) bond motifs is 1. The number of nitrogens with one attached hydrogen (secondary N) is 1. The molecule has 5 heteroatoms. The lowest BCUT2D eigenvalue weighted by atomic mass is 10.1. The predicted octanol–water partition coefficient (Wildman–Crippen LogP) is 4.52. The molecule has 0 aliphatic carbocycles. The van der Waals surface area contributed by atoms with Crippen LogP contribution in [0.2, 0.25) is 0 Å². The van der Waals surface area contributed by atoms with Gasteiger partial charge in [0.25, 0.3) is 5.91 Å². The van der Waals surface area contributed by atoms with Crippen LogP contribution in [-0.4, -0.2) is 18.2 Å². The Bertz CT molecular complexity index is 920. The third kappa shape index (κ3) is 4.67. The molecule has 126 valence electrons. The van der Waals surface area contributed by atoms with Crippen molar-refractivity contribution in [1.29, 1.82) is 0 Å². The molecule has 0 aromatic heterocycles. The van der Waals surface area contributed by atoms with Crippen LogP contribution in [0.1, 0.15) is 12.5 Å². The fourth-order valence-electron chi connectivity index (χ4n) is 2.34. The summed E-state index contributed by atoms with van der Waals surface area (Å²) in [5.74, 6) is 0.354. The Labute approximate surface area is 154 Å². The molecule has 0 fully saturated rings. The average Bonchev–Trinajstić information content (AvgIpc) is 2.65. The number of hydrogen-bond donors (Lipinski definition) is 1. The topological polar surface area (TPSA) is 50.7 Å². The lowest BCUT2D eigenvalue weighted by Gasteiger charge is -2.07. The van der Waals surface area contributed by atoms with Crippen LogP contribution in [0.15, 0.2) is 76.3 Å². The lowest BCUT2D eigenvalue weighted by Crippen LogP contribution is -2.25. The summed E-state index contributed by atoms with van der Waals surface area (Å²) in [5.41, 5.74) is 4.19. The summed E-state index contributed by atoms with van der Waals surface area (Å²) in [6.45, 7) is 1.75. The quantitative estimate of drug-likeness (QED) is 0.508. The van der Waals surface area contributed by atoms with Crippen LogP contribution in [0, 0.1) is 0 Å². The second kappa shape index (κ2) is 7.94. The number of amides is 1. The minimum absolute atomic E-state index is 0.0878. The Hall–Kier alpha value is -2.66. The summed E-state index contributed by atoms with van der Waals surface area (Å²) in [7, 11) is 0. The standard InChI is InChI=1S/C20H17BrN2O2/c1-14(15-6-9-18(21)10-7-15)22-23-20(24)13-25-19-11-8-16-4-2-3-5-17(16)12-19/h2-12H,13H2,1H3,(H,23,24)/b22-14+. The van der Waals surface area contributed by atoms with Crippen molar-refractivity contribution in [1.82, 2.24) is 5.43 Å². The number of nitrogens with zero attached hydrogens (tertiary/aromatic N) is 1. The van der Waals surface area contributed by atoms with Gasteiger partial charge in [-0.1, -0.05) is 58.4 Å². The van der Waals surface area contributed by atoms with E-state index in [1.807, 2.05) is 73.7 Å². The third-order valence-corrected chi connectivity index (χ3v) is 4.23. The molecular formula is C20H17BrN2O2. The number of rotatable bonds is 5. The molecule has 0 saturated heterocycles. The summed E-state index contributed by atoms with van der Waals surface area (Å²) in [5, 5.41) is 6.31. The Balaban J connectivity index is 1.56. The van der Waals surface area contributed by atoms with Gasteiger partial charge >= 0.3 is 0 Å². The first-order valence-electron chi connectivity index (χ1n) is 7.82. The first-order chi connectivity index (χ1) is 12.1. The Morgan fingerprint density at radius 2 is 1.76 bits per heavy atom. The maximum Gasteiger partial charge on any atom is 0.277 e. The molecular weight excluding hydrogens is 380 g/mol. The van der Waals surface area contributed by atoms with Crippen molar-refractivity contribution in [3.8, 4) is 5.75 Å². The molecule has 0 spiro atoms. The minimum atomic E-state index is -0.301. The number of ether oxygens (including phenoxy) is 1. The van der Waals surface area contributed by atoms with Crippen LogP contribution >= 0.6 is 15.9 Å². The Morgan fingerprint density at radius 3 is 2.52 bits per heavy atom. The van der Waals surface area contributed by atoms with Gasteiger partial charge in [0.1, 0.15) is 5.75 Å². The molecule has 1 amide bonds. The van der Waals surface area contributed by atoms with Crippen molar-refractivity contribution >= 4 is 38.3 Å². The smallest absolute Gasteiger partial charge is 0.277 e. The van der Waals surface area contributed by atoms with E-state index in [1.54, 1.807) is 0 Å². The summed E-state index contributed by atoms with van der Waals surface area (Å²) in [6, 6.07) is 21.5. The lowest BCUT2D eigenvalue weighted by molar-refractivity contribution is -0.123. The van der Waals surface area contributed by atoms with E-state index in [4.69, 9.17) is 4.74 Å². The largest absolute Gasteiger partial charge is 0.484 e. The second-order valence-corrected chi connectivity index (χ2v) is 6.45. The molecule has 0 aliphatic heterocycles. The maximum absolute atomic E-state index is 11.9. The molecule has 0 radical (unpaired) electrons. The summed E-state index contributed by atoms with van der Waals surface area (Å²) < 4.78 is 6.54. The Kier molecular flexibility index (Phi) is 5.46. The molecule has 4 nitrogen and oxygen atoms in total. The number of hydrazone groups is 1. The zero-order chi connectivity index (χ0) is 17.6. The van der Waals surface area contributed by atoms with Gasteiger partial charge in [-0.15, -0.1) is 0 Å². The van der Waals surface area contributed by atoms with Gasteiger partial charge in [-0.2, -0.15) is 5.10 Å². The number of carbonyl (C=O) groups is 1. The number of carbonyl (C=O) groups excluding carboxylic acids is 1. The van der Waals surface area contributed by atoms with Crippen molar-refractivity contribution in [2.45, 2.75) is 6.92 Å². The molecule has 3 rings (SSSR count). The number of benzene rings is 3. The molecule has 3 aromatic carbocycles. The number of halogens is 1. The first kappa shape index (κ1) is 17.2. The van der Waals surface area contributed by atoms with E-state index < -0.39 is 0 Å². The Morgan fingerprint density at radius 1 is 1.04 bits per heavy atom. The highest BCUT2D eigenvalue weighted by Crippen LogP contribution is 2.20. The van der Waals surface area contributed by atoms with Gasteiger partial charge in [0.2, 0.25) is 0 Å². The highest BCUT2D eigenvalue weighted by atomic mass is 79.9. The van der Waals surface area contributed by atoms with E-state index >= 15 is 0 Å². The summed E-state index contributed by atoms with van der Waals surface area (Å²) in [4.78, 5) is 11.9. The zero-order valence-corrected chi connectivity index (χ0v) is 15.3. The van der Waals surface area contributed by atoms with Crippen LogP contribution in [0.5, 0.6) is 5.75 Å². The van der Waals surface area contributed by atoms with Crippen molar-refractivity contribution in [2.75, 3.05) is 6.61 Å². The molecule has 3 aromatic rings. The second-order valence-electron chi connectivity index (χ2n) is 5.54. The molecule has 0 atom stereocenters. The van der Waals surface area contributed by atoms with E-state index in [1.165, 1.54) is 0 Å². The highest BCUT2D eigenvalue weighted by Gasteiger charge is 2.04. The van der Waals surface area contributed by atoms with E-state index in [0.29, 0.717) is 5.75 Å². The molecule has 0 bridgehead atoms. The highest BCUT2D eigenvalue weighted by molar-refractivity contribution is 9.10. The van der Waals surface area contributed by atoms with Crippen LogP contribution < -0.4 is 10.2 Å². The third-order valence-electron chi connectivity index (χ3n) is 3.70. The van der Waals surface area contributed by atoms with Gasteiger partial charge < -0.3 is 4.74 Å². The molecule has 0 heterocycles. The fraction of sp³-hybridized carbons (Fsp3) is 0.100. The van der Waals surface area contributed by atoms with Gasteiger partial charge in [0.05, 0.1) is 5.71 Å². The van der Waals surface area contributed by atoms with Crippen LogP contribution in [0.25, 0.3) is 10.8 Å². The molecule has 25 heavy (non-hydrogen) atoms. The summed E-state index contributed by atoms with van der Waals surface area (Å²) in [6.07, 6.45) is 0. The van der Waals surface area contributed by atoms with Gasteiger partial charge in [-0.25, -0.2) is 5.43 Å². The van der Waals surface area contributed by atoms with Crippen molar-refractivity contribution in [3.05, 3.63) is 76.8 Å². The van der Waals surface area contributed by atoms with Crippen molar-refractivity contribution in [3.63, 3.8) is 0 Å². The fourth-order valence-corrected chi connectivity index (χ4v) is 2.60. The SMILES string of the molecule is C/C(=N\NC(=O)COc1ccc2ccccc2c1)c1ccc(Br)cc1. The average molecular weight is 397 g/mol. The zero-order valence-electron chi connectivity index (χ0n) is 13.7. The van der Waals surface area contributed by atoms with Crippen LogP contribution in [0.4, 0.5) is 0 Å². The van der Waals surface area contributed by atoms with Crippen molar-refractivity contribution < 1.29 is 9.53 Å².